The molecule has 0 aliphatic rings. The van der Waals surface area contributed by atoms with Crippen LogP contribution in [0.4, 0.5) is 23.2 Å². The number of rotatable bonds is 6. The van der Waals surface area contributed by atoms with Gasteiger partial charge in [0.15, 0.2) is 0 Å². The second-order valence-corrected chi connectivity index (χ2v) is 7.86. The van der Waals surface area contributed by atoms with Gasteiger partial charge in [-0.05, 0) is 66.2 Å². The van der Waals surface area contributed by atoms with Gasteiger partial charge < -0.3 is 10.1 Å². The molecular formula is C24H16F4N2O2S. The topological polar surface area (TPSA) is 51.2 Å². The maximum absolute atomic E-state index is 13.0. The van der Waals surface area contributed by atoms with E-state index < -0.39 is 23.5 Å². The summed E-state index contributed by atoms with van der Waals surface area (Å²) in [5.41, 5.74) is 1.39. The van der Waals surface area contributed by atoms with Crippen LogP contribution in [0, 0.1) is 5.82 Å². The van der Waals surface area contributed by atoms with E-state index in [2.05, 4.69) is 10.3 Å². The number of carbonyl (C=O) groups is 1. The fraction of sp³-hybridized carbons (Fsp3) is 0.0833. The second kappa shape index (κ2) is 9.41. The van der Waals surface area contributed by atoms with Crippen molar-refractivity contribution in [2.75, 3.05) is 5.32 Å². The Morgan fingerprint density at radius 2 is 1.61 bits per heavy atom. The van der Waals surface area contributed by atoms with Gasteiger partial charge in [-0.25, -0.2) is 9.37 Å². The molecule has 0 bridgehead atoms. The number of carbonyl (C=O) groups excluding carboxylic acids is 1. The first-order valence-corrected chi connectivity index (χ1v) is 10.6. The second-order valence-electron chi connectivity index (χ2n) is 7.01. The molecule has 0 saturated heterocycles. The molecule has 4 nitrogen and oxygen atoms in total. The van der Waals surface area contributed by atoms with Gasteiger partial charge >= 0.3 is 6.18 Å². The lowest BCUT2D eigenvalue weighted by atomic mass is 10.1. The first-order valence-electron chi connectivity index (χ1n) is 9.70. The number of alkyl halides is 3. The monoisotopic (exact) mass is 472 g/mol. The Kier molecular flexibility index (Phi) is 6.41. The number of nitrogens with one attached hydrogen (secondary N) is 1. The van der Waals surface area contributed by atoms with Gasteiger partial charge in [0.25, 0.3) is 5.91 Å². The Morgan fingerprint density at radius 1 is 0.939 bits per heavy atom. The summed E-state index contributed by atoms with van der Waals surface area (Å²) in [6, 6.07) is 17.2. The molecule has 3 aromatic carbocycles. The highest BCUT2D eigenvalue weighted by atomic mass is 32.1. The van der Waals surface area contributed by atoms with Gasteiger partial charge in [-0.3, -0.25) is 4.79 Å². The summed E-state index contributed by atoms with van der Waals surface area (Å²) < 4.78 is 56.5. The highest BCUT2D eigenvalue weighted by Crippen LogP contribution is 2.30. The molecule has 0 fully saturated rings. The Labute approximate surface area is 190 Å². The SMILES string of the molecule is O=C(Nc1ccc(F)cc1)c1csc(-c2ccc(OCc3ccc(C(F)(F)F)cc3)cc2)n1. The average molecular weight is 472 g/mol. The summed E-state index contributed by atoms with van der Waals surface area (Å²) >= 11 is 1.30. The van der Waals surface area contributed by atoms with Crippen LogP contribution >= 0.6 is 11.3 Å². The molecule has 1 aromatic heterocycles. The number of halogens is 4. The van der Waals surface area contributed by atoms with Crippen molar-refractivity contribution in [3.05, 3.63) is 101 Å². The van der Waals surface area contributed by atoms with Crippen molar-refractivity contribution >= 4 is 22.9 Å². The smallest absolute Gasteiger partial charge is 0.416 e. The van der Waals surface area contributed by atoms with E-state index in [1.807, 2.05) is 0 Å². The van der Waals surface area contributed by atoms with Gasteiger partial charge in [0.2, 0.25) is 0 Å². The third-order valence-corrected chi connectivity index (χ3v) is 5.52. The summed E-state index contributed by atoms with van der Waals surface area (Å²) in [5, 5.41) is 4.92. The number of amides is 1. The first kappa shape index (κ1) is 22.5. The highest BCUT2D eigenvalue weighted by Gasteiger charge is 2.29. The molecule has 9 heteroatoms. The van der Waals surface area contributed by atoms with Gasteiger partial charge in [-0.1, -0.05) is 12.1 Å². The Hall–Kier alpha value is -3.72. The Morgan fingerprint density at radius 3 is 2.24 bits per heavy atom. The van der Waals surface area contributed by atoms with Crippen molar-refractivity contribution < 1.29 is 27.1 Å². The minimum absolute atomic E-state index is 0.127. The summed E-state index contributed by atoms with van der Waals surface area (Å²) in [6.45, 7) is 0.127. The number of anilines is 1. The third kappa shape index (κ3) is 5.75. The minimum Gasteiger partial charge on any atom is -0.489 e. The number of nitrogens with zero attached hydrogens (tertiary/aromatic N) is 1. The average Bonchev–Trinajstić information content (AvgIpc) is 3.30. The maximum atomic E-state index is 13.0. The molecule has 0 aliphatic heterocycles. The van der Waals surface area contributed by atoms with E-state index in [4.69, 9.17) is 4.74 Å². The lowest BCUT2D eigenvalue weighted by molar-refractivity contribution is -0.137. The van der Waals surface area contributed by atoms with Crippen molar-refractivity contribution in [1.29, 1.82) is 0 Å². The molecule has 4 aromatic rings. The molecule has 1 N–H and O–H groups in total. The van der Waals surface area contributed by atoms with Crippen LogP contribution in [0.5, 0.6) is 5.75 Å². The standard InChI is InChI=1S/C24H16F4N2O2S/c25-18-7-9-19(10-8-18)29-22(31)21-14-33-23(30-21)16-3-11-20(12-4-16)32-13-15-1-5-17(6-2-15)24(26,27)28/h1-12,14H,13H2,(H,29,31). The van der Waals surface area contributed by atoms with Crippen LogP contribution in [0.2, 0.25) is 0 Å². The van der Waals surface area contributed by atoms with E-state index in [0.717, 1.165) is 17.7 Å². The fourth-order valence-electron chi connectivity index (χ4n) is 2.89. The number of aromatic nitrogens is 1. The summed E-state index contributed by atoms with van der Waals surface area (Å²) in [4.78, 5) is 16.7. The third-order valence-electron chi connectivity index (χ3n) is 4.63. The van der Waals surface area contributed by atoms with E-state index in [-0.39, 0.29) is 12.3 Å². The van der Waals surface area contributed by atoms with E-state index in [1.165, 1.54) is 47.7 Å². The van der Waals surface area contributed by atoms with Crippen molar-refractivity contribution in [3.8, 4) is 16.3 Å². The largest absolute Gasteiger partial charge is 0.489 e. The van der Waals surface area contributed by atoms with E-state index >= 15 is 0 Å². The quantitative estimate of drug-likeness (QED) is 0.314. The van der Waals surface area contributed by atoms with Crippen LogP contribution < -0.4 is 10.1 Å². The fourth-order valence-corrected chi connectivity index (χ4v) is 3.70. The number of hydrogen-bond donors (Lipinski definition) is 1. The van der Waals surface area contributed by atoms with E-state index in [9.17, 15) is 22.4 Å². The molecule has 0 aliphatic carbocycles. The normalized spacial score (nSPS) is 11.3. The van der Waals surface area contributed by atoms with E-state index in [0.29, 0.717) is 22.0 Å². The molecule has 0 atom stereocenters. The van der Waals surface area contributed by atoms with Crippen LogP contribution in [0.15, 0.2) is 78.2 Å². The lowest BCUT2D eigenvalue weighted by Crippen LogP contribution is -2.12. The van der Waals surface area contributed by atoms with Crippen LogP contribution in [0.25, 0.3) is 10.6 Å². The molecule has 1 heterocycles. The zero-order valence-electron chi connectivity index (χ0n) is 16.9. The molecule has 0 spiro atoms. The maximum Gasteiger partial charge on any atom is 0.416 e. The van der Waals surface area contributed by atoms with Crippen molar-refractivity contribution in [3.63, 3.8) is 0 Å². The molecular weight excluding hydrogens is 456 g/mol. The minimum atomic E-state index is -4.37. The summed E-state index contributed by atoms with van der Waals surface area (Å²) in [6.07, 6.45) is -4.37. The molecule has 0 radical (unpaired) electrons. The molecule has 168 valence electrons. The van der Waals surface area contributed by atoms with Gasteiger partial charge in [0, 0.05) is 16.6 Å². The molecule has 4 rings (SSSR count). The molecule has 0 unspecified atom stereocenters. The van der Waals surface area contributed by atoms with Crippen LogP contribution in [-0.4, -0.2) is 10.9 Å². The van der Waals surface area contributed by atoms with Crippen LogP contribution in [-0.2, 0) is 12.8 Å². The first-order chi connectivity index (χ1) is 15.8. The summed E-state index contributed by atoms with van der Waals surface area (Å²) in [5.74, 6) is -0.249. The van der Waals surface area contributed by atoms with Crippen molar-refractivity contribution in [2.24, 2.45) is 0 Å². The Bertz CT molecular complexity index is 1240. The van der Waals surface area contributed by atoms with Crippen LogP contribution in [0.3, 0.4) is 0 Å². The van der Waals surface area contributed by atoms with Crippen LogP contribution in [0.1, 0.15) is 21.6 Å². The number of ether oxygens (including phenoxy) is 1. The lowest BCUT2D eigenvalue weighted by Gasteiger charge is -2.09. The number of benzene rings is 3. The molecule has 33 heavy (non-hydrogen) atoms. The zero-order chi connectivity index (χ0) is 23.4. The molecule has 0 saturated carbocycles. The van der Waals surface area contributed by atoms with Gasteiger partial charge in [-0.15, -0.1) is 11.3 Å². The Balaban J connectivity index is 1.36. The van der Waals surface area contributed by atoms with Gasteiger partial charge in [0.1, 0.15) is 28.9 Å². The van der Waals surface area contributed by atoms with E-state index in [1.54, 1.807) is 29.6 Å². The predicted molar refractivity (Wildman–Crippen MR) is 118 cm³/mol. The summed E-state index contributed by atoms with van der Waals surface area (Å²) in [7, 11) is 0. The highest BCUT2D eigenvalue weighted by molar-refractivity contribution is 7.13. The predicted octanol–water partition coefficient (Wildman–Crippen LogP) is 6.80. The van der Waals surface area contributed by atoms with Gasteiger partial charge in [0.05, 0.1) is 5.56 Å². The molecule has 1 amide bonds. The van der Waals surface area contributed by atoms with Crippen molar-refractivity contribution in [2.45, 2.75) is 12.8 Å². The number of thiazole rings is 1. The van der Waals surface area contributed by atoms with Crippen molar-refractivity contribution in [1.82, 2.24) is 4.98 Å². The zero-order valence-corrected chi connectivity index (χ0v) is 17.7. The number of hydrogen-bond acceptors (Lipinski definition) is 4. The van der Waals surface area contributed by atoms with Gasteiger partial charge in [-0.2, -0.15) is 13.2 Å².